The molecule has 2 aromatic carbocycles. The fourth-order valence-electron chi connectivity index (χ4n) is 3.26. The summed E-state index contributed by atoms with van der Waals surface area (Å²) in [5.41, 5.74) is 3.84. The van der Waals surface area contributed by atoms with E-state index in [1.165, 1.54) is 16.8 Å². The zero-order valence-corrected chi connectivity index (χ0v) is 14.8. The molecule has 1 aliphatic heterocycles. The lowest BCUT2D eigenvalue weighted by atomic mass is 9.97. The highest BCUT2D eigenvalue weighted by Crippen LogP contribution is 2.23. The number of benzene rings is 2. The molecule has 2 N–H and O–H groups in total. The van der Waals surface area contributed by atoms with Gasteiger partial charge in [0.15, 0.2) is 0 Å². The Kier molecular flexibility index (Phi) is 6.66. The summed E-state index contributed by atoms with van der Waals surface area (Å²) in [5.74, 6) is 0.490. The summed E-state index contributed by atoms with van der Waals surface area (Å²) in [5, 5.41) is 12.7. The Labute approximate surface area is 151 Å². The van der Waals surface area contributed by atoms with Crippen LogP contribution in [0.2, 0.25) is 0 Å². The van der Waals surface area contributed by atoms with Crippen LogP contribution < -0.4 is 10.2 Å². The molecule has 0 spiro atoms. The molecule has 1 saturated heterocycles. The Bertz CT molecular complexity index is 643. The first-order chi connectivity index (χ1) is 12.3. The van der Waals surface area contributed by atoms with Gasteiger partial charge in [0.2, 0.25) is 0 Å². The molecule has 0 bridgehead atoms. The molecule has 0 atom stereocenters. The average Bonchev–Trinajstić information content (AvgIpc) is 2.69. The monoisotopic (exact) mass is 336 g/mol. The number of anilines is 1. The standard InChI is InChI=1S/C22H28N2O/c25-18-21-12-15-24(16-13-21)22-10-8-20(9-11-22)17-23-14-4-7-19-5-2-1-3-6-19/h1-11,21,23,25H,12-18H2. The van der Waals surface area contributed by atoms with E-state index in [-0.39, 0.29) is 0 Å². The first-order valence-electron chi connectivity index (χ1n) is 9.22. The Hall–Kier alpha value is -2.10. The molecule has 1 heterocycles. The van der Waals surface area contributed by atoms with Crippen LogP contribution in [-0.2, 0) is 6.54 Å². The number of aliphatic hydroxyl groups excluding tert-OH is 1. The zero-order chi connectivity index (χ0) is 17.3. The van der Waals surface area contributed by atoms with Gasteiger partial charge in [-0.1, -0.05) is 54.6 Å². The van der Waals surface area contributed by atoms with Crippen LogP contribution >= 0.6 is 0 Å². The molecule has 2 aromatic rings. The second-order valence-electron chi connectivity index (χ2n) is 6.72. The van der Waals surface area contributed by atoms with E-state index >= 15 is 0 Å². The number of rotatable bonds is 7. The summed E-state index contributed by atoms with van der Waals surface area (Å²) in [7, 11) is 0. The van der Waals surface area contributed by atoms with Gasteiger partial charge in [-0.25, -0.2) is 0 Å². The van der Waals surface area contributed by atoms with E-state index in [1.807, 2.05) is 6.07 Å². The molecular formula is C22H28N2O. The SMILES string of the molecule is OCC1CCN(c2ccc(CNCC=Cc3ccccc3)cc2)CC1. The van der Waals surface area contributed by atoms with Crippen molar-refractivity contribution < 1.29 is 5.11 Å². The van der Waals surface area contributed by atoms with Gasteiger partial charge in [-0.3, -0.25) is 0 Å². The van der Waals surface area contributed by atoms with Crippen molar-refractivity contribution in [1.29, 1.82) is 0 Å². The minimum atomic E-state index is 0.331. The van der Waals surface area contributed by atoms with Gasteiger partial charge < -0.3 is 15.3 Å². The van der Waals surface area contributed by atoms with Gasteiger partial charge in [-0.2, -0.15) is 0 Å². The summed E-state index contributed by atoms with van der Waals surface area (Å²) >= 11 is 0. The molecule has 0 saturated carbocycles. The van der Waals surface area contributed by atoms with Crippen LogP contribution in [0.25, 0.3) is 6.08 Å². The molecule has 1 aliphatic rings. The fourth-order valence-corrected chi connectivity index (χ4v) is 3.26. The highest BCUT2D eigenvalue weighted by molar-refractivity contribution is 5.49. The summed E-state index contributed by atoms with van der Waals surface area (Å²) in [4.78, 5) is 2.42. The van der Waals surface area contributed by atoms with E-state index in [0.29, 0.717) is 12.5 Å². The minimum Gasteiger partial charge on any atom is -0.396 e. The van der Waals surface area contributed by atoms with Crippen LogP contribution in [0.5, 0.6) is 0 Å². The average molecular weight is 336 g/mol. The molecule has 0 aromatic heterocycles. The molecule has 1 fully saturated rings. The van der Waals surface area contributed by atoms with Crippen molar-refractivity contribution in [3.05, 3.63) is 71.8 Å². The number of piperidine rings is 1. The first-order valence-corrected chi connectivity index (χ1v) is 9.22. The summed E-state index contributed by atoms with van der Waals surface area (Å²) < 4.78 is 0. The summed E-state index contributed by atoms with van der Waals surface area (Å²) in [6.07, 6.45) is 6.49. The normalized spacial score (nSPS) is 15.8. The van der Waals surface area contributed by atoms with Crippen molar-refractivity contribution in [3.8, 4) is 0 Å². The third kappa shape index (κ3) is 5.45. The van der Waals surface area contributed by atoms with Crippen molar-refractivity contribution >= 4 is 11.8 Å². The lowest BCUT2D eigenvalue weighted by Gasteiger charge is -2.33. The van der Waals surface area contributed by atoms with Crippen LogP contribution in [0.4, 0.5) is 5.69 Å². The molecule has 0 aliphatic carbocycles. The molecule has 0 amide bonds. The Morgan fingerprint density at radius 3 is 2.40 bits per heavy atom. The van der Waals surface area contributed by atoms with Crippen LogP contribution in [0, 0.1) is 5.92 Å². The minimum absolute atomic E-state index is 0.331. The van der Waals surface area contributed by atoms with Gasteiger partial charge in [0.05, 0.1) is 0 Å². The van der Waals surface area contributed by atoms with E-state index in [4.69, 9.17) is 0 Å². The Balaban J connectivity index is 1.41. The van der Waals surface area contributed by atoms with Gasteiger partial charge in [-0.15, -0.1) is 0 Å². The lowest BCUT2D eigenvalue weighted by molar-refractivity contribution is 0.203. The van der Waals surface area contributed by atoms with E-state index < -0.39 is 0 Å². The third-order valence-electron chi connectivity index (χ3n) is 4.88. The molecule has 132 valence electrons. The predicted octanol–water partition coefficient (Wildman–Crippen LogP) is 3.70. The maximum Gasteiger partial charge on any atom is 0.0460 e. The molecule has 3 heteroatoms. The van der Waals surface area contributed by atoms with Crippen molar-refractivity contribution in [2.24, 2.45) is 5.92 Å². The maximum absolute atomic E-state index is 9.24. The smallest absolute Gasteiger partial charge is 0.0460 e. The number of nitrogens with one attached hydrogen (secondary N) is 1. The second kappa shape index (κ2) is 9.40. The van der Waals surface area contributed by atoms with Gasteiger partial charge in [-0.05, 0) is 42.0 Å². The number of aliphatic hydroxyl groups is 1. The van der Waals surface area contributed by atoms with Crippen LogP contribution in [0.3, 0.4) is 0 Å². The molecule has 3 nitrogen and oxygen atoms in total. The van der Waals surface area contributed by atoms with Crippen molar-refractivity contribution in [2.45, 2.75) is 19.4 Å². The number of nitrogens with zero attached hydrogens (tertiary/aromatic N) is 1. The van der Waals surface area contributed by atoms with Crippen LogP contribution in [0.15, 0.2) is 60.7 Å². The summed E-state index contributed by atoms with van der Waals surface area (Å²) in [6, 6.07) is 19.2. The van der Waals surface area contributed by atoms with E-state index in [2.05, 4.69) is 70.9 Å². The number of hydrogen-bond donors (Lipinski definition) is 2. The van der Waals surface area contributed by atoms with Crippen molar-refractivity contribution in [3.63, 3.8) is 0 Å². The second-order valence-corrected chi connectivity index (χ2v) is 6.72. The third-order valence-corrected chi connectivity index (χ3v) is 4.88. The quantitative estimate of drug-likeness (QED) is 0.757. The topological polar surface area (TPSA) is 35.5 Å². The molecule has 0 unspecified atom stereocenters. The predicted molar refractivity (Wildman–Crippen MR) is 106 cm³/mol. The van der Waals surface area contributed by atoms with Gasteiger partial charge in [0.25, 0.3) is 0 Å². The van der Waals surface area contributed by atoms with Crippen molar-refractivity contribution in [2.75, 3.05) is 31.1 Å². The maximum atomic E-state index is 9.24. The highest BCUT2D eigenvalue weighted by atomic mass is 16.3. The van der Waals surface area contributed by atoms with E-state index in [0.717, 1.165) is 39.0 Å². The molecule has 0 radical (unpaired) electrons. The largest absolute Gasteiger partial charge is 0.396 e. The summed E-state index contributed by atoms with van der Waals surface area (Å²) in [6.45, 7) is 4.18. The fraction of sp³-hybridized carbons (Fsp3) is 0.364. The Morgan fingerprint density at radius 2 is 1.72 bits per heavy atom. The van der Waals surface area contributed by atoms with Gasteiger partial charge >= 0.3 is 0 Å². The van der Waals surface area contributed by atoms with Crippen molar-refractivity contribution in [1.82, 2.24) is 5.32 Å². The molecule has 3 rings (SSSR count). The number of hydrogen-bond acceptors (Lipinski definition) is 3. The lowest BCUT2D eigenvalue weighted by Crippen LogP contribution is -2.34. The van der Waals surface area contributed by atoms with E-state index in [1.54, 1.807) is 0 Å². The van der Waals surface area contributed by atoms with Crippen LogP contribution in [-0.4, -0.2) is 31.3 Å². The molecular weight excluding hydrogens is 308 g/mol. The van der Waals surface area contributed by atoms with Crippen LogP contribution in [0.1, 0.15) is 24.0 Å². The Morgan fingerprint density at radius 1 is 1.00 bits per heavy atom. The molecule has 25 heavy (non-hydrogen) atoms. The van der Waals surface area contributed by atoms with Gasteiger partial charge in [0.1, 0.15) is 0 Å². The van der Waals surface area contributed by atoms with E-state index in [9.17, 15) is 5.11 Å². The zero-order valence-electron chi connectivity index (χ0n) is 14.8. The van der Waals surface area contributed by atoms with Gasteiger partial charge in [0, 0.05) is 38.5 Å². The highest BCUT2D eigenvalue weighted by Gasteiger charge is 2.18. The first kappa shape index (κ1) is 17.7.